The van der Waals surface area contributed by atoms with Crippen molar-refractivity contribution in [3.8, 4) is 0 Å². The summed E-state index contributed by atoms with van der Waals surface area (Å²) in [6.45, 7) is 1.68. The third-order valence-electron chi connectivity index (χ3n) is 4.97. The van der Waals surface area contributed by atoms with E-state index in [0.717, 1.165) is 0 Å². The monoisotopic (exact) mass is 507 g/mol. The van der Waals surface area contributed by atoms with Gasteiger partial charge >= 0.3 is 11.9 Å². The summed E-state index contributed by atoms with van der Waals surface area (Å²) in [6, 6.07) is 3.63. The molecule has 198 valence electrons. The minimum absolute atomic E-state index is 0.0111. The fourth-order valence-electron chi connectivity index (χ4n) is 3.04. The average Bonchev–Trinajstić information content (AvgIpc) is 2.80. The number of guanidine groups is 1. The summed E-state index contributed by atoms with van der Waals surface area (Å²) < 4.78 is 0. The zero-order valence-electron chi connectivity index (χ0n) is 19.8. The molecule has 0 aliphatic carbocycles. The zero-order valence-corrected chi connectivity index (χ0v) is 19.8. The van der Waals surface area contributed by atoms with Gasteiger partial charge in [-0.1, -0.05) is 30.3 Å². The van der Waals surface area contributed by atoms with Gasteiger partial charge in [0.05, 0.1) is 12.5 Å². The number of carbonyl (C=O) groups is 5. The summed E-state index contributed by atoms with van der Waals surface area (Å²) in [7, 11) is 0. The van der Waals surface area contributed by atoms with Gasteiger partial charge in [-0.2, -0.15) is 0 Å². The Bertz CT molecular complexity index is 951. The number of aliphatic carboxylic acids is 2. The van der Waals surface area contributed by atoms with Gasteiger partial charge in [-0.25, -0.2) is 4.79 Å². The third kappa shape index (κ3) is 11.3. The van der Waals surface area contributed by atoms with Crippen molar-refractivity contribution in [2.24, 2.45) is 22.2 Å². The molecule has 0 bridgehead atoms. The molecule has 0 heterocycles. The van der Waals surface area contributed by atoms with Gasteiger partial charge in [0.15, 0.2) is 5.96 Å². The molecule has 0 radical (unpaired) electrons. The molecular formula is C22H33N7O7. The minimum atomic E-state index is -1.70. The van der Waals surface area contributed by atoms with Crippen molar-refractivity contribution in [1.29, 1.82) is 0 Å². The van der Waals surface area contributed by atoms with Crippen LogP contribution in [0, 0.1) is 0 Å². The standard InChI is InChI=1S/C22H33N7O7/c1-12(27-19(33)14(23)8-5-9-26-22(24)25)18(32)28-15(10-13-6-3-2-4-7-13)20(34)29-16(21(35)36)11-17(30)31/h2-4,6-7,12,14-16H,5,8-11,23H2,1H3,(H,27,33)(H,28,32)(H,29,34)(H,30,31)(H,35,36)(H4,24,25,26). The van der Waals surface area contributed by atoms with Crippen LogP contribution in [0.1, 0.15) is 31.7 Å². The van der Waals surface area contributed by atoms with Gasteiger partial charge in [-0.3, -0.25) is 24.2 Å². The summed E-state index contributed by atoms with van der Waals surface area (Å²) >= 11 is 0. The van der Waals surface area contributed by atoms with Crippen LogP contribution in [0.3, 0.4) is 0 Å². The number of rotatable bonds is 15. The van der Waals surface area contributed by atoms with Crippen LogP contribution in [0.15, 0.2) is 35.3 Å². The van der Waals surface area contributed by atoms with E-state index in [1.54, 1.807) is 30.3 Å². The number of nitrogens with one attached hydrogen (secondary N) is 3. The van der Waals surface area contributed by atoms with Crippen LogP contribution in [-0.4, -0.2) is 76.5 Å². The van der Waals surface area contributed by atoms with E-state index in [9.17, 15) is 29.1 Å². The fraction of sp³-hybridized carbons (Fsp3) is 0.455. The van der Waals surface area contributed by atoms with Crippen LogP contribution >= 0.6 is 0 Å². The molecule has 0 saturated carbocycles. The Kier molecular flexibility index (Phi) is 12.4. The number of benzene rings is 1. The molecule has 4 unspecified atom stereocenters. The highest BCUT2D eigenvalue weighted by Gasteiger charge is 2.30. The number of carboxylic acid groups (broad SMARTS) is 2. The Hall–Kier alpha value is -4.20. The van der Waals surface area contributed by atoms with Crippen LogP contribution in [0.2, 0.25) is 0 Å². The van der Waals surface area contributed by atoms with Gasteiger partial charge in [-0.05, 0) is 25.3 Å². The predicted octanol–water partition coefficient (Wildman–Crippen LogP) is -2.36. The van der Waals surface area contributed by atoms with Crippen molar-refractivity contribution in [3.05, 3.63) is 35.9 Å². The minimum Gasteiger partial charge on any atom is -0.481 e. The van der Waals surface area contributed by atoms with Crippen molar-refractivity contribution in [1.82, 2.24) is 16.0 Å². The Morgan fingerprint density at radius 1 is 0.917 bits per heavy atom. The highest BCUT2D eigenvalue weighted by Crippen LogP contribution is 2.06. The molecule has 14 heteroatoms. The van der Waals surface area contributed by atoms with Crippen LogP contribution in [0.5, 0.6) is 0 Å². The molecule has 3 amide bonds. The first-order valence-electron chi connectivity index (χ1n) is 11.1. The Morgan fingerprint density at radius 2 is 1.53 bits per heavy atom. The van der Waals surface area contributed by atoms with E-state index in [-0.39, 0.29) is 25.3 Å². The molecule has 0 saturated heterocycles. The number of nitrogens with zero attached hydrogens (tertiary/aromatic N) is 1. The molecule has 0 spiro atoms. The van der Waals surface area contributed by atoms with E-state index in [4.69, 9.17) is 22.3 Å². The molecule has 0 aliphatic heterocycles. The Morgan fingerprint density at radius 3 is 2.08 bits per heavy atom. The molecule has 1 rings (SSSR count). The van der Waals surface area contributed by atoms with E-state index in [1.807, 2.05) is 0 Å². The number of aliphatic imine (C=N–C) groups is 1. The molecule has 0 fully saturated rings. The van der Waals surface area contributed by atoms with Crippen molar-refractivity contribution >= 4 is 35.6 Å². The second-order valence-electron chi connectivity index (χ2n) is 8.03. The maximum atomic E-state index is 12.8. The summed E-state index contributed by atoms with van der Waals surface area (Å²) in [4.78, 5) is 63.9. The quantitative estimate of drug-likeness (QED) is 0.0712. The highest BCUT2D eigenvalue weighted by atomic mass is 16.4. The highest BCUT2D eigenvalue weighted by molar-refractivity contribution is 5.94. The Balaban J connectivity index is 2.84. The lowest BCUT2D eigenvalue weighted by molar-refractivity contribution is -0.147. The first kappa shape index (κ1) is 29.8. The average molecular weight is 508 g/mol. The van der Waals surface area contributed by atoms with Crippen molar-refractivity contribution in [2.75, 3.05) is 6.54 Å². The topological polar surface area (TPSA) is 252 Å². The third-order valence-corrected chi connectivity index (χ3v) is 4.97. The second-order valence-corrected chi connectivity index (χ2v) is 8.03. The maximum Gasteiger partial charge on any atom is 0.326 e. The van der Waals surface area contributed by atoms with Crippen molar-refractivity contribution < 1.29 is 34.2 Å². The van der Waals surface area contributed by atoms with E-state index < -0.39 is 60.2 Å². The number of amides is 3. The molecule has 1 aromatic carbocycles. The number of hydrogen-bond donors (Lipinski definition) is 8. The van der Waals surface area contributed by atoms with E-state index in [2.05, 4.69) is 20.9 Å². The van der Waals surface area contributed by atoms with Gasteiger partial charge in [0.25, 0.3) is 0 Å². The van der Waals surface area contributed by atoms with Crippen LogP contribution in [-0.2, 0) is 30.4 Å². The predicted molar refractivity (Wildman–Crippen MR) is 129 cm³/mol. The van der Waals surface area contributed by atoms with Gasteiger partial charge < -0.3 is 43.4 Å². The fourth-order valence-corrected chi connectivity index (χ4v) is 3.04. The summed E-state index contributed by atoms with van der Waals surface area (Å²) in [5.74, 6) is -5.25. The summed E-state index contributed by atoms with van der Waals surface area (Å²) in [5.41, 5.74) is 16.9. The van der Waals surface area contributed by atoms with Gasteiger partial charge in [0, 0.05) is 13.0 Å². The molecular weight excluding hydrogens is 474 g/mol. The molecule has 36 heavy (non-hydrogen) atoms. The lowest BCUT2D eigenvalue weighted by Crippen LogP contribution is -2.57. The lowest BCUT2D eigenvalue weighted by Gasteiger charge is -2.23. The Labute approximate surface area is 207 Å². The van der Waals surface area contributed by atoms with Crippen LogP contribution in [0.4, 0.5) is 0 Å². The molecule has 0 aromatic heterocycles. The first-order chi connectivity index (χ1) is 16.9. The number of carbonyl (C=O) groups excluding carboxylic acids is 3. The molecule has 4 atom stereocenters. The van der Waals surface area contributed by atoms with Crippen molar-refractivity contribution in [2.45, 2.75) is 56.8 Å². The number of carboxylic acids is 2. The molecule has 0 aliphatic rings. The number of hydrogen-bond acceptors (Lipinski definition) is 7. The lowest BCUT2D eigenvalue weighted by atomic mass is 10.0. The summed E-state index contributed by atoms with van der Waals surface area (Å²) in [6.07, 6.45) is -0.160. The largest absolute Gasteiger partial charge is 0.481 e. The molecule has 14 nitrogen and oxygen atoms in total. The SMILES string of the molecule is CC(NC(=O)C(N)CCCN=C(N)N)C(=O)NC(Cc1ccccc1)C(=O)NC(CC(=O)O)C(=O)O. The second kappa shape index (κ2) is 14.9. The van der Waals surface area contributed by atoms with E-state index in [0.29, 0.717) is 12.0 Å². The van der Waals surface area contributed by atoms with Gasteiger partial charge in [0.1, 0.15) is 18.1 Å². The van der Waals surface area contributed by atoms with Gasteiger partial charge in [0.2, 0.25) is 17.7 Å². The normalized spacial score (nSPS) is 13.8. The van der Waals surface area contributed by atoms with Crippen LogP contribution in [0.25, 0.3) is 0 Å². The van der Waals surface area contributed by atoms with E-state index >= 15 is 0 Å². The smallest absolute Gasteiger partial charge is 0.326 e. The zero-order chi connectivity index (χ0) is 27.3. The van der Waals surface area contributed by atoms with Gasteiger partial charge in [-0.15, -0.1) is 0 Å². The number of nitrogens with two attached hydrogens (primary N) is 3. The maximum absolute atomic E-state index is 12.8. The molecule has 1 aromatic rings. The summed E-state index contributed by atoms with van der Waals surface area (Å²) in [5, 5.41) is 25.2. The first-order valence-corrected chi connectivity index (χ1v) is 11.1. The molecule has 11 N–H and O–H groups in total. The van der Waals surface area contributed by atoms with Crippen LogP contribution < -0.4 is 33.2 Å². The van der Waals surface area contributed by atoms with E-state index in [1.165, 1.54) is 6.92 Å². The van der Waals surface area contributed by atoms with Crippen molar-refractivity contribution in [3.63, 3.8) is 0 Å².